The van der Waals surface area contributed by atoms with Gasteiger partial charge in [0.25, 0.3) is 5.56 Å². The highest BCUT2D eigenvalue weighted by Gasteiger charge is 2.32. The fourth-order valence-corrected chi connectivity index (χ4v) is 3.29. The molecule has 1 saturated heterocycles. The average Bonchev–Trinajstić information content (AvgIpc) is 3.03. The van der Waals surface area contributed by atoms with E-state index in [1.165, 1.54) is 17.9 Å². The Morgan fingerprint density at radius 2 is 1.96 bits per heavy atom. The second-order valence-electron chi connectivity index (χ2n) is 7.92. The Labute approximate surface area is 161 Å². The van der Waals surface area contributed by atoms with Gasteiger partial charge in [-0.1, -0.05) is 0 Å². The minimum Gasteiger partial charge on any atom is -0.444 e. The van der Waals surface area contributed by atoms with Crippen LogP contribution in [0.3, 0.4) is 0 Å². The van der Waals surface area contributed by atoms with Gasteiger partial charge < -0.3 is 19.9 Å². The van der Waals surface area contributed by atoms with Crippen LogP contribution in [0.15, 0.2) is 27.8 Å². The fourth-order valence-electron chi connectivity index (χ4n) is 3.29. The van der Waals surface area contributed by atoms with E-state index in [-0.39, 0.29) is 12.5 Å². The summed E-state index contributed by atoms with van der Waals surface area (Å²) >= 11 is 0. The summed E-state index contributed by atoms with van der Waals surface area (Å²) in [6.45, 7) is 7.33. The molecule has 1 aliphatic rings. The number of fused-ring (bicyclic) bond motifs is 1. The van der Waals surface area contributed by atoms with Crippen LogP contribution in [0.25, 0.3) is 10.9 Å². The third-order valence-corrected chi connectivity index (χ3v) is 4.43. The third kappa shape index (κ3) is 4.08. The number of nitrogens with one attached hydrogen (secondary N) is 2. The van der Waals surface area contributed by atoms with Crippen LogP contribution in [0.4, 0.5) is 10.5 Å². The summed E-state index contributed by atoms with van der Waals surface area (Å²) in [6, 6.07) is 4.28. The minimum atomic E-state index is -0.619. The van der Waals surface area contributed by atoms with Gasteiger partial charge in [0.1, 0.15) is 5.60 Å². The van der Waals surface area contributed by atoms with E-state index in [0.717, 1.165) is 4.57 Å². The molecule has 2 amide bonds. The molecule has 150 valence electrons. The van der Waals surface area contributed by atoms with Gasteiger partial charge in [-0.25, -0.2) is 9.59 Å². The Bertz CT molecular complexity index is 1050. The van der Waals surface area contributed by atoms with Gasteiger partial charge in [-0.15, -0.1) is 0 Å². The summed E-state index contributed by atoms with van der Waals surface area (Å²) in [6.07, 6.45) is 0.00673. The molecule has 2 heterocycles. The Balaban J connectivity index is 1.93. The molecule has 0 spiro atoms. The van der Waals surface area contributed by atoms with Crippen LogP contribution in [0.5, 0.6) is 0 Å². The molecule has 0 bridgehead atoms. The molecule has 2 aromatic rings. The average molecular weight is 388 g/mol. The number of carbonyl (C=O) groups is 2. The van der Waals surface area contributed by atoms with E-state index in [0.29, 0.717) is 29.6 Å². The summed E-state index contributed by atoms with van der Waals surface area (Å²) in [4.78, 5) is 53.2. The molecule has 1 aromatic carbocycles. The first kappa shape index (κ1) is 19.7. The number of carbonyl (C=O) groups excluding carboxylic acids is 2. The van der Waals surface area contributed by atoms with Gasteiger partial charge in [-0.2, -0.15) is 0 Å². The Hall–Kier alpha value is -3.10. The number of nitrogens with zero attached hydrogens (tertiary/aromatic N) is 2. The summed E-state index contributed by atoms with van der Waals surface area (Å²) in [5.41, 5.74) is -0.741. The first-order valence-electron chi connectivity index (χ1n) is 9.09. The van der Waals surface area contributed by atoms with E-state index in [1.54, 1.807) is 32.9 Å². The molecule has 0 saturated carbocycles. The molecule has 0 radical (unpaired) electrons. The lowest BCUT2D eigenvalue weighted by molar-refractivity contribution is -0.114. The highest BCUT2D eigenvalue weighted by atomic mass is 16.6. The van der Waals surface area contributed by atoms with Gasteiger partial charge in [0.2, 0.25) is 5.91 Å². The monoisotopic (exact) mass is 388 g/mol. The van der Waals surface area contributed by atoms with Crippen molar-refractivity contribution >= 4 is 28.6 Å². The molecule has 1 atom stereocenters. The van der Waals surface area contributed by atoms with Gasteiger partial charge in [0.15, 0.2) is 0 Å². The maximum Gasteiger partial charge on any atom is 0.410 e. The summed E-state index contributed by atoms with van der Waals surface area (Å²) in [5.74, 6) is -0.257. The number of rotatable bonds is 2. The molecule has 3 rings (SSSR count). The molecular formula is C19H24N4O5. The van der Waals surface area contributed by atoms with E-state index >= 15 is 0 Å². The number of likely N-dealkylation sites (tertiary alicyclic amines) is 1. The number of anilines is 1. The van der Waals surface area contributed by atoms with Crippen molar-refractivity contribution in [2.75, 3.05) is 18.4 Å². The normalized spacial score (nSPS) is 17.0. The van der Waals surface area contributed by atoms with Crippen molar-refractivity contribution in [2.24, 2.45) is 0 Å². The van der Waals surface area contributed by atoms with Crippen LogP contribution >= 0.6 is 0 Å². The van der Waals surface area contributed by atoms with Crippen molar-refractivity contribution in [2.45, 2.75) is 45.8 Å². The zero-order valence-corrected chi connectivity index (χ0v) is 16.4. The molecule has 28 heavy (non-hydrogen) atoms. The van der Waals surface area contributed by atoms with E-state index in [9.17, 15) is 19.2 Å². The van der Waals surface area contributed by atoms with Crippen LogP contribution < -0.4 is 16.6 Å². The van der Waals surface area contributed by atoms with E-state index < -0.39 is 29.0 Å². The van der Waals surface area contributed by atoms with Gasteiger partial charge >= 0.3 is 11.8 Å². The lowest BCUT2D eigenvalue weighted by Gasteiger charge is -2.24. The lowest BCUT2D eigenvalue weighted by Crippen LogP contribution is -2.40. The van der Waals surface area contributed by atoms with Crippen molar-refractivity contribution in [3.05, 3.63) is 39.0 Å². The summed E-state index contributed by atoms with van der Waals surface area (Å²) in [5, 5.41) is 2.92. The van der Waals surface area contributed by atoms with Gasteiger partial charge in [0, 0.05) is 25.7 Å². The Morgan fingerprint density at radius 1 is 1.25 bits per heavy atom. The summed E-state index contributed by atoms with van der Waals surface area (Å²) in [7, 11) is 0. The standard InChI is InChI=1S/C19H24N4O5/c1-11(24)20-12-5-6-15-14(9-12)16(25)23(17(26)21-15)13-7-8-22(10-13)18(27)28-19(2,3)4/h5-6,9,13H,7-8,10H2,1-4H3,(H,20,24)(H,21,26). The molecule has 2 N–H and O–H groups in total. The Kier molecular flexibility index (Phi) is 5.01. The lowest BCUT2D eigenvalue weighted by atomic mass is 10.2. The zero-order chi connectivity index (χ0) is 20.6. The van der Waals surface area contributed by atoms with Crippen molar-refractivity contribution in [1.82, 2.24) is 14.5 Å². The largest absolute Gasteiger partial charge is 0.444 e. The predicted molar refractivity (Wildman–Crippen MR) is 105 cm³/mol. The molecule has 1 fully saturated rings. The van der Waals surface area contributed by atoms with Gasteiger partial charge in [-0.05, 0) is 45.4 Å². The van der Waals surface area contributed by atoms with Crippen molar-refractivity contribution in [3.63, 3.8) is 0 Å². The first-order chi connectivity index (χ1) is 13.0. The number of hydrogen-bond donors (Lipinski definition) is 2. The number of aromatic amines is 1. The van der Waals surface area contributed by atoms with Gasteiger partial charge in [-0.3, -0.25) is 14.2 Å². The number of amides is 2. The number of ether oxygens (including phenoxy) is 1. The maximum absolute atomic E-state index is 13.0. The molecule has 1 aromatic heterocycles. The Morgan fingerprint density at radius 3 is 2.61 bits per heavy atom. The number of hydrogen-bond acceptors (Lipinski definition) is 5. The minimum absolute atomic E-state index is 0.217. The third-order valence-electron chi connectivity index (χ3n) is 4.43. The van der Waals surface area contributed by atoms with Crippen LogP contribution in [0.2, 0.25) is 0 Å². The molecule has 1 unspecified atom stereocenters. The number of H-pyrrole nitrogens is 1. The van der Waals surface area contributed by atoms with Crippen molar-refractivity contribution in [1.29, 1.82) is 0 Å². The smallest absolute Gasteiger partial charge is 0.410 e. The molecule has 1 aliphatic heterocycles. The van der Waals surface area contributed by atoms with Crippen LogP contribution in [0, 0.1) is 0 Å². The molecule has 9 nitrogen and oxygen atoms in total. The van der Waals surface area contributed by atoms with Crippen LogP contribution in [0.1, 0.15) is 40.2 Å². The van der Waals surface area contributed by atoms with Crippen LogP contribution in [-0.4, -0.2) is 45.1 Å². The van der Waals surface area contributed by atoms with Crippen molar-refractivity contribution in [3.8, 4) is 0 Å². The van der Waals surface area contributed by atoms with Crippen LogP contribution in [-0.2, 0) is 9.53 Å². The number of aromatic nitrogens is 2. The fraction of sp³-hybridized carbons (Fsp3) is 0.474. The van der Waals surface area contributed by atoms with E-state index in [2.05, 4.69) is 10.3 Å². The highest BCUT2D eigenvalue weighted by Crippen LogP contribution is 2.22. The van der Waals surface area contributed by atoms with E-state index in [4.69, 9.17) is 4.74 Å². The maximum atomic E-state index is 13.0. The predicted octanol–water partition coefficient (Wildman–Crippen LogP) is 1.83. The molecule has 9 heteroatoms. The van der Waals surface area contributed by atoms with Gasteiger partial charge in [0.05, 0.1) is 16.9 Å². The molecule has 0 aliphatic carbocycles. The second-order valence-corrected chi connectivity index (χ2v) is 7.92. The first-order valence-corrected chi connectivity index (χ1v) is 9.09. The topological polar surface area (TPSA) is 114 Å². The zero-order valence-electron chi connectivity index (χ0n) is 16.4. The SMILES string of the molecule is CC(=O)Nc1ccc2[nH]c(=O)n(C3CCN(C(=O)OC(C)(C)C)C3)c(=O)c2c1. The number of benzene rings is 1. The second kappa shape index (κ2) is 7.14. The van der Waals surface area contributed by atoms with E-state index in [1.807, 2.05) is 0 Å². The summed E-state index contributed by atoms with van der Waals surface area (Å²) < 4.78 is 6.51. The quantitative estimate of drug-likeness (QED) is 0.815. The molecular weight excluding hydrogens is 364 g/mol. The van der Waals surface area contributed by atoms with Crippen molar-refractivity contribution < 1.29 is 14.3 Å². The highest BCUT2D eigenvalue weighted by molar-refractivity contribution is 5.91.